The number of aryl methyl sites for hydroxylation is 1. The number of aliphatic hydroxyl groups excluding tert-OH is 1. The third-order valence-corrected chi connectivity index (χ3v) is 6.35. The zero-order valence-electron chi connectivity index (χ0n) is 22.7. The molecule has 0 aliphatic carbocycles. The molecule has 0 radical (unpaired) electrons. The number of carbonyl (C=O) groups is 2. The summed E-state index contributed by atoms with van der Waals surface area (Å²) in [5.41, 5.74) is 1.68. The minimum Gasteiger partial charge on any atom is -0.507 e. The molecule has 2 N–H and O–H groups in total. The number of Topliss-reactive ketones (excluding diaryl/α,β-unsaturated/α-hetero) is 1. The largest absolute Gasteiger partial charge is 0.507 e. The van der Waals surface area contributed by atoms with Crippen LogP contribution in [0.15, 0.2) is 66.2 Å². The van der Waals surface area contributed by atoms with Gasteiger partial charge in [0.2, 0.25) is 0 Å². The highest BCUT2D eigenvalue weighted by molar-refractivity contribution is 6.52. The van der Waals surface area contributed by atoms with Crippen molar-refractivity contribution < 1.29 is 34.0 Å². The topological polar surface area (TPSA) is 106 Å². The Hall–Kier alpha value is -4.46. The van der Waals surface area contributed by atoms with E-state index in [2.05, 4.69) is 0 Å². The molecule has 1 atom stereocenters. The molecule has 3 aromatic rings. The number of carbonyl (C=O) groups excluding carboxylic acids is 2. The number of phenols is 1. The Balaban J connectivity index is 1.90. The summed E-state index contributed by atoms with van der Waals surface area (Å²) in [6.07, 6.45) is 0. The Morgan fingerprint density at radius 1 is 0.974 bits per heavy atom. The third kappa shape index (κ3) is 5.55. The van der Waals surface area contributed by atoms with Crippen molar-refractivity contribution in [2.45, 2.75) is 33.7 Å². The second-order valence-corrected chi connectivity index (χ2v) is 9.73. The van der Waals surface area contributed by atoms with E-state index in [9.17, 15) is 19.8 Å². The molecule has 1 saturated heterocycles. The van der Waals surface area contributed by atoms with Gasteiger partial charge in [-0.15, -0.1) is 0 Å². The number of nitrogens with zero attached hydrogens (tertiary/aromatic N) is 1. The summed E-state index contributed by atoms with van der Waals surface area (Å²) in [6, 6.07) is 15.5. The summed E-state index contributed by atoms with van der Waals surface area (Å²) in [4.78, 5) is 28.2. The highest BCUT2D eigenvalue weighted by Crippen LogP contribution is 2.46. The van der Waals surface area contributed by atoms with E-state index in [1.807, 2.05) is 27.7 Å². The minimum absolute atomic E-state index is 0.107. The number of hydrogen-bond acceptors (Lipinski definition) is 7. The maximum absolute atomic E-state index is 13.5. The molecular formula is C31H33NO7. The van der Waals surface area contributed by atoms with Crippen LogP contribution >= 0.6 is 0 Å². The Bertz CT molecular complexity index is 1410. The van der Waals surface area contributed by atoms with Gasteiger partial charge in [-0.05, 0) is 79.4 Å². The van der Waals surface area contributed by atoms with Gasteiger partial charge in [0.15, 0.2) is 11.5 Å². The van der Waals surface area contributed by atoms with Gasteiger partial charge in [0, 0.05) is 5.56 Å². The van der Waals surface area contributed by atoms with Crippen molar-refractivity contribution in [3.8, 4) is 23.0 Å². The number of ether oxygens (including phenoxy) is 3. The molecule has 1 unspecified atom stereocenters. The molecule has 0 aromatic heterocycles. The number of hydrogen-bond donors (Lipinski definition) is 2. The van der Waals surface area contributed by atoms with Crippen LogP contribution in [0.2, 0.25) is 0 Å². The summed E-state index contributed by atoms with van der Waals surface area (Å²) in [6.45, 7) is 8.64. The quantitative estimate of drug-likeness (QED) is 0.205. The number of anilines is 1. The van der Waals surface area contributed by atoms with Gasteiger partial charge in [-0.2, -0.15) is 0 Å². The van der Waals surface area contributed by atoms with E-state index in [4.69, 9.17) is 14.2 Å². The fourth-order valence-electron chi connectivity index (χ4n) is 4.48. The maximum atomic E-state index is 13.5. The number of methoxy groups -OCH3 is 1. The lowest BCUT2D eigenvalue weighted by atomic mass is 9.94. The van der Waals surface area contributed by atoms with E-state index in [1.165, 1.54) is 18.1 Å². The monoisotopic (exact) mass is 531 g/mol. The molecule has 3 aromatic carbocycles. The number of amides is 1. The molecular weight excluding hydrogens is 498 g/mol. The third-order valence-electron chi connectivity index (χ3n) is 6.35. The number of aromatic hydroxyl groups is 1. The van der Waals surface area contributed by atoms with Crippen LogP contribution in [0, 0.1) is 12.8 Å². The Labute approximate surface area is 228 Å². The van der Waals surface area contributed by atoms with Crippen molar-refractivity contribution in [1.29, 1.82) is 0 Å². The molecule has 0 bridgehead atoms. The number of rotatable bonds is 9. The van der Waals surface area contributed by atoms with Gasteiger partial charge in [0.1, 0.15) is 17.3 Å². The van der Waals surface area contributed by atoms with Gasteiger partial charge in [-0.1, -0.05) is 26.0 Å². The Morgan fingerprint density at radius 3 is 2.33 bits per heavy atom. The maximum Gasteiger partial charge on any atom is 0.300 e. The van der Waals surface area contributed by atoms with E-state index in [-0.39, 0.29) is 22.8 Å². The van der Waals surface area contributed by atoms with Crippen molar-refractivity contribution in [2.75, 3.05) is 25.2 Å². The lowest BCUT2D eigenvalue weighted by Gasteiger charge is -2.27. The molecule has 4 rings (SSSR count). The standard InChI is InChI=1S/C31H33NO7/c1-6-38-26-16-21(10-14-25(26)37-5)28-27(29(34)20-8-11-22(12-9-20)39-17-18(2)3)30(35)31(36)32(28)23-15-19(4)7-13-24(23)33/h7-16,18,28,33-34H,6,17H2,1-5H3/b29-27-. The molecule has 0 spiro atoms. The Kier molecular flexibility index (Phi) is 8.14. The summed E-state index contributed by atoms with van der Waals surface area (Å²) in [7, 11) is 1.52. The molecule has 39 heavy (non-hydrogen) atoms. The molecule has 1 fully saturated rings. The van der Waals surface area contributed by atoms with Gasteiger partial charge in [-0.3, -0.25) is 14.5 Å². The van der Waals surface area contributed by atoms with Crippen LogP contribution in [0.3, 0.4) is 0 Å². The minimum atomic E-state index is -1.04. The van der Waals surface area contributed by atoms with Gasteiger partial charge < -0.3 is 24.4 Å². The molecule has 1 aliphatic heterocycles. The molecule has 8 heteroatoms. The van der Waals surface area contributed by atoms with Crippen molar-refractivity contribution in [3.63, 3.8) is 0 Å². The summed E-state index contributed by atoms with van der Waals surface area (Å²) in [5.74, 6) is -0.372. The summed E-state index contributed by atoms with van der Waals surface area (Å²) < 4.78 is 16.9. The number of benzene rings is 3. The second-order valence-electron chi connectivity index (χ2n) is 9.73. The molecule has 8 nitrogen and oxygen atoms in total. The zero-order valence-corrected chi connectivity index (χ0v) is 22.7. The van der Waals surface area contributed by atoms with Crippen molar-refractivity contribution in [1.82, 2.24) is 0 Å². The van der Waals surface area contributed by atoms with E-state index < -0.39 is 17.7 Å². The molecule has 0 saturated carbocycles. The normalized spacial score (nSPS) is 16.6. The first-order valence-corrected chi connectivity index (χ1v) is 12.8. The predicted octanol–water partition coefficient (Wildman–Crippen LogP) is 5.77. The summed E-state index contributed by atoms with van der Waals surface area (Å²) in [5, 5.41) is 22.1. The van der Waals surface area contributed by atoms with Crippen molar-refractivity contribution >= 4 is 23.1 Å². The first-order valence-electron chi connectivity index (χ1n) is 12.8. The molecule has 1 amide bonds. The molecule has 1 aliphatic rings. The zero-order chi connectivity index (χ0) is 28.3. The van der Waals surface area contributed by atoms with Gasteiger partial charge in [0.25, 0.3) is 11.7 Å². The van der Waals surface area contributed by atoms with Crippen LogP contribution in [-0.4, -0.2) is 42.2 Å². The summed E-state index contributed by atoms with van der Waals surface area (Å²) >= 11 is 0. The average molecular weight is 532 g/mol. The van der Waals surface area contributed by atoms with Crippen molar-refractivity contribution in [2.24, 2.45) is 5.92 Å². The SMILES string of the molecule is CCOc1cc(C2/C(=C(/O)c3ccc(OCC(C)C)cc3)C(=O)C(=O)N2c2cc(C)ccc2O)ccc1OC. The number of aliphatic hydroxyl groups is 1. The Morgan fingerprint density at radius 2 is 1.69 bits per heavy atom. The van der Waals surface area contributed by atoms with E-state index in [0.717, 1.165) is 5.56 Å². The van der Waals surface area contributed by atoms with Crippen LogP contribution in [0.1, 0.15) is 43.5 Å². The first-order chi connectivity index (χ1) is 18.7. The average Bonchev–Trinajstić information content (AvgIpc) is 3.18. The first kappa shape index (κ1) is 27.6. The predicted molar refractivity (Wildman–Crippen MR) is 149 cm³/mol. The highest BCUT2D eigenvalue weighted by atomic mass is 16.5. The smallest absolute Gasteiger partial charge is 0.300 e. The fraction of sp³-hybridized carbons (Fsp3) is 0.290. The fourth-order valence-corrected chi connectivity index (χ4v) is 4.48. The van der Waals surface area contributed by atoms with Gasteiger partial charge in [0.05, 0.1) is 37.6 Å². The van der Waals surface area contributed by atoms with Gasteiger partial charge >= 0.3 is 0 Å². The lowest BCUT2D eigenvalue weighted by molar-refractivity contribution is -0.132. The second kappa shape index (κ2) is 11.5. The lowest BCUT2D eigenvalue weighted by Crippen LogP contribution is -2.29. The van der Waals surface area contributed by atoms with Crippen LogP contribution in [0.5, 0.6) is 23.0 Å². The van der Waals surface area contributed by atoms with Crippen LogP contribution in [0.4, 0.5) is 5.69 Å². The highest BCUT2D eigenvalue weighted by Gasteiger charge is 2.48. The van der Waals surface area contributed by atoms with E-state index >= 15 is 0 Å². The number of phenolic OH excluding ortho intramolecular Hbond substituents is 1. The van der Waals surface area contributed by atoms with Crippen LogP contribution in [-0.2, 0) is 9.59 Å². The molecule has 204 valence electrons. The molecule has 1 heterocycles. The van der Waals surface area contributed by atoms with Crippen LogP contribution < -0.4 is 19.1 Å². The van der Waals surface area contributed by atoms with Gasteiger partial charge in [-0.25, -0.2) is 0 Å². The number of ketones is 1. The van der Waals surface area contributed by atoms with E-state index in [0.29, 0.717) is 47.5 Å². The van der Waals surface area contributed by atoms with Crippen molar-refractivity contribution in [3.05, 3.63) is 82.9 Å². The van der Waals surface area contributed by atoms with Crippen LogP contribution in [0.25, 0.3) is 5.76 Å². The van der Waals surface area contributed by atoms with E-state index in [1.54, 1.807) is 54.6 Å².